The van der Waals surface area contributed by atoms with Gasteiger partial charge >= 0.3 is 0 Å². The van der Waals surface area contributed by atoms with Crippen molar-refractivity contribution < 1.29 is 4.74 Å². The highest BCUT2D eigenvalue weighted by atomic mass is 32.2. The van der Waals surface area contributed by atoms with E-state index in [1.165, 1.54) is 43.7 Å². The van der Waals surface area contributed by atoms with E-state index in [-0.39, 0.29) is 0 Å². The van der Waals surface area contributed by atoms with Gasteiger partial charge in [0.2, 0.25) is 0 Å². The Morgan fingerprint density at radius 2 is 2.07 bits per heavy atom. The Morgan fingerprint density at radius 3 is 2.80 bits per heavy atom. The SMILES string of the molecule is COCC1CC(CC2CCSCC2)CN1. The number of nitrogens with one attached hydrogen (secondary N) is 1. The maximum atomic E-state index is 5.20. The van der Waals surface area contributed by atoms with E-state index in [0.717, 1.165) is 18.4 Å². The second-order valence-electron chi connectivity index (χ2n) is 4.95. The van der Waals surface area contributed by atoms with Gasteiger partial charge in [-0.05, 0) is 55.6 Å². The first-order valence-corrected chi connectivity index (χ1v) is 7.34. The molecule has 2 atom stereocenters. The molecule has 2 rings (SSSR count). The summed E-state index contributed by atoms with van der Waals surface area (Å²) in [5.41, 5.74) is 0. The third-order valence-electron chi connectivity index (χ3n) is 3.69. The minimum absolute atomic E-state index is 0.623. The zero-order valence-electron chi connectivity index (χ0n) is 9.71. The average Bonchev–Trinajstić information content (AvgIpc) is 2.68. The van der Waals surface area contributed by atoms with Crippen LogP contribution >= 0.6 is 11.8 Å². The first-order chi connectivity index (χ1) is 7.38. The van der Waals surface area contributed by atoms with Gasteiger partial charge in [-0.2, -0.15) is 11.8 Å². The molecule has 2 unspecified atom stereocenters. The molecule has 0 amide bonds. The van der Waals surface area contributed by atoms with Crippen LogP contribution in [0.4, 0.5) is 0 Å². The highest BCUT2D eigenvalue weighted by Crippen LogP contribution is 2.31. The average molecular weight is 229 g/mol. The first-order valence-electron chi connectivity index (χ1n) is 6.18. The molecule has 2 aliphatic rings. The Balaban J connectivity index is 1.67. The maximum absolute atomic E-state index is 5.20. The lowest BCUT2D eigenvalue weighted by Gasteiger charge is -2.23. The van der Waals surface area contributed by atoms with E-state index >= 15 is 0 Å². The fraction of sp³-hybridized carbons (Fsp3) is 1.00. The van der Waals surface area contributed by atoms with Gasteiger partial charge in [-0.15, -0.1) is 0 Å². The summed E-state index contributed by atoms with van der Waals surface area (Å²) >= 11 is 2.13. The Hall–Kier alpha value is 0.270. The summed E-state index contributed by atoms with van der Waals surface area (Å²) in [5, 5.41) is 3.57. The van der Waals surface area contributed by atoms with Gasteiger partial charge in [-0.1, -0.05) is 0 Å². The molecule has 15 heavy (non-hydrogen) atoms. The van der Waals surface area contributed by atoms with Crippen molar-refractivity contribution in [3.63, 3.8) is 0 Å². The fourth-order valence-electron chi connectivity index (χ4n) is 2.86. The van der Waals surface area contributed by atoms with Gasteiger partial charge in [0.05, 0.1) is 6.61 Å². The van der Waals surface area contributed by atoms with Gasteiger partial charge in [0.25, 0.3) is 0 Å². The second-order valence-corrected chi connectivity index (χ2v) is 6.18. The summed E-state index contributed by atoms with van der Waals surface area (Å²) in [6, 6.07) is 0.623. The van der Waals surface area contributed by atoms with Gasteiger partial charge < -0.3 is 10.1 Å². The van der Waals surface area contributed by atoms with E-state index in [4.69, 9.17) is 4.74 Å². The van der Waals surface area contributed by atoms with Crippen LogP contribution in [0.5, 0.6) is 0 Å². The zero-order chi connectivity index (χ0) is 10.5. The van der Waals surface area contributed by atoms with Crippen molar-refractivity contribution in [2.24, 2.45) is 11.8 Å². The molecule has 88 valence electrons. The molecule has 1 N–H and O–H groups in total. The molecule has 2 saturated heterocycles. The highest BCUT2D eigenvalue weighted by Gasteiger charge is 2.26. The van der Waals surface area contributed by atoms with Crippen molar-refractivity contribution >= 4 is 11.8 Å². The Labute approximate surface area is 97.5 Å². The normalized spacial score (nSPS) is 33.4. The monoisotopic (exact) mass is 229 g/mol. The molecule has 0 aromatic heterocycles. The van der Waals surface area contributed by atoms with Gasteiger partial charge in [-0.25, -0.2) is 0 Å². The third-order valence-corrected chi connectivity index (χ3v) is 4.74. The van der Waals surface area contributed by atoms with Crippen LogP contribution in [0.1, 0.15) is 25.7 Å². The van der Waals surface area contributed by atoms with Crippen LogP contribution < -0.4 is 5.32 Å². The molecule has 0 bridgehead atoms. The van der Waals surface area contributed by atoms with Crippen LogP contribution in [0.3, 0.4) is 0 Å². The molecule has 2 heterocycles. The molecule has 2 nitrogen and oxygen atoms in total. The van der Waals surface area contributed by atoms with Crippen molar-refractivity contribution in [1.82, 2.24) is 5.32 Å². The van der Waals surface area contributed by atoms with Crippen molar-refractivity contribution in [2.75, 3.05) is 31.8 Å². The topological polar surface area (TPSA) is 21.3 Å². The molecule has 0 spiro atoms. The summed E-state index contributed by atoms with van der Waals surface area (Å²) in [7, 11) is 1.80. The minimum Gasteiger partial charge on any atom is -0.383 e. The Morgan fingerprint density at radius 1 is 1.27 bits per heavy atom. The first kappa shape index (κ1) is 11.7. The molecule has 0 aromatic rings. The predicted octanol–water partition coefficient (Wildman–Crippen LogP) is 2.14. The van der Waals surface area contributed by atoms with Crippen molar-refractivity contribution in [3.05, 3.63) is 0 Å². The lowest BCUT2D eigenvalue weighted by molar-refractivity contribution is 0.171. The van der Waals surface area contributed by atoms with Crippen LogP contribution in [-0.4, -0.2) is 37.8 Å². The van der Waals surface area contributed by atoms with Crippen LogP contribution in [0, 0.1) is 11.8 Å². The van der Waals surface area contributed by atoms with Gasteiger partial charge in [-0.3, -0.25) is 0 Å². The largest absolute Gasteiger partial charge is 0.383 e. The van der Waals surface area contributed by atoms with Gasteiger partial charge in [0, 0.05) is 13.2 Å². The summed E-state index contributed by atoms with van der Waals surface area (Å²) in [4.78, 5) is 0. The second kappa shape index (κ2) is 6.12. The number of rotatable bonds is 4. The molecule has 0 aromatic carbocycles. The third kappa shape index (κ3) is 3.65. The van der Waals surface area contributed by atoms with Crippen molar-refractivity contribution in [2.45, 2.75) is 31.7 Å². The highest BCUT2D eigenvalue weighted by molar-refractivity contribution is 7.99. The number of hydrogen-bond acceptors (Lipinski definition) is 3. The molecular weight excluding hydrogens is 206 g/mol. The molecular formula is C12H23NOS. The number of thioether (sulfide) groups is 1. The molecule has 0 radical (unpaired) electrons. The molecule has 3 heteroatoms. The molecule has 0 aliphatic carbocycles. The van der Waals surface area contributed by atoms with E-state index in [1.54, 1.807) is 7.11 Å². The maximum Gasteiger partial charge on any atom is 0.0615 e. The summed E-state index contributed by atoms with van der Waals surface area (Å²) in [6.45, 7) is 2.11. The smallest absolute Gasteiger partial charge is 0.0615 e. The Bertz CT molecular complexity index is 182. The van der Waals surface area contributed by atoms with Crippen molar-refractivity contribution in [3.8, 4) is 0 Å². The van der Waals surface area contributed by atoms with Crippen LogP contribution in [-0.2, 0) is 4.74 Å². The standard InChI is InChI=1S/C12H23NOS/c1-14-9-12-7-11(8-13-12)6-10-2-4-15-5-3-10/h10-13H,2-9H2,1H3. The number of hydrogen-bond donors (Lipinski definition) is 1. The summed E-state index contributed by atoms with van der Waals surface area (Å²) < 4.78 is 5.20. The van der Waals surface area contributed by atoms with E-state index < -0.39 is 0 Å². The Kier molecular flexibility index (Phi) is 4.79. The van der Waals surface area contributed by atoms with Crippen LogP contribution in [0.2, 0.25) is 0 Å². The van der Waals surface area contributed by atoms with Gasteiger partial charge in [0.1, 0.15) is 0 Å². The lowest BCUT2D eigenvalue weighted by Crippen LogP contribution is -2.25. The summed E-state index contributed by atoms with van der Waals surface area (Å²) in [6.07, 6.45) is 5.69. The number of methoxy groups -OCH3 is 1. The van der Waals surface area contributed by atoms with Crippen LogP contribution in [0.25, 0.3) is 0 Å². The van der Waals surface area contributed by atoms with Gasteiger partial charge in [0.15, 0.2) is 0 Å². The van der Waals surface area contributed by atoms with E-state index in [1.807, 2.05) is 0 Å². The van der Waals surface area contributed by atoms with Crippen molar-refractivity contribution in [1.29, 1.82) is 0 Å². The number of ether oxygens (including phenoxy) is 1. The molecule has 2 aliphatic heterocycles. The van der Waals surface area contributed by atoms with E-state index in [9.17, 15) is 0 Å². The lowest BCUT2D eigenvalue weighted by atomic mass is 9.89. The summed E-state index contributed by atoms with van der Waals surface area (Å²) in [5.74, 6) is 4.72. The molecule has 0 saturated carbocycles. The van der Waals surface area contributed by atoms with E-state index in [2.05, 4.69) is 17.1 Å². The van der Waals surface area contributed by atoms with Crippen LogP contribution in [0.15, 0.2) is 0 Å². The molecule has 2 fully saturated rings. The zero-order valence-corrected chi connectivity index (χ0v) is 10.5. The quantitative estimate of drug-likeness (QED) is 0.798. The van der Waals surface area contributed by atoms with E-state index in [0.29, 0.717) is 6.04 Å². The predicted molar refractivity (Wildman–Crippen MR) is 66.4 cm³/mol. The minimum atomic E-state index is 0.623. The fourth-order valence-corrected chi connectivity index (χ4v) is 4.07.